The summed E-state index contributed by atoms with van der Waals surface area (Å²) >= 11 is 0. The molecule has 4 nitrogen and oxygen atoms in total. The van der Waals surface area contributed by atoms with E-state index in [2.05, 4.69) is 5.10 Å². The van der Waals surface area contributed by atoms with Gasteiger partial charge in [0.25, 0.3) is 0 Å². The summed E-state index contributed by atoms with van der Waals surface area (Å²) in [6, 6.07) is 9.71. The zero-order valence-electron chi connectivity index (χ0n) is 8.95. The largest absolute Gasteiger partial charge is 0.396 e. The molecule has 1 unspecified atom stereocenters. The second-order valence-corrected chi connectivity index (χ2v) is 3.62. The minimum Gasteiger partial charge on any atom is -0.396 e. The number of aliphatic hydroxyl groups excluding tert-OH is 1. The summed E-state index contributed by atoms with van der Waals surface area (Å²) in [6.07, 6.45) is 3.61. The van der Waals surface area contributed by atoms with E-state index in [9.17, 15) is 5.11 Å². The van der Waals surface area contributed by atoms with Crippen molar-refractivity contribution in [3.63, 3.8) is 0 Å². The van der Waals surface area contributed by atoms with E-state index < -0.39 is 0 Å². The third-order valence-corrected chi connectivity index (χ3v) is 2.63. The first-order valence-corrected chi connectivity index (χ1v) is 5.26. The second kappa shape index (κ2) is 4.92. The van der Waals surface area contributed by atoms with Crippen LogP contribution in [0.25, 0.3) is 5.69 Å². The Labute approximate surface area is 94.3 Å². The van der Waals surface area contributed by atoms with E-state index in [4.69, 9.17) is 5.73 Å². The lowest BCUT2D eigenvalue weighted by Gasteiger charge is -2.16. The molecule has 0 aliphatic heterocycles. The first-order valence-electron chi connectivity index (χ1n) is 5.26. The first kappa shape index (κ1) is 10.9. The highest BCUT2D eigenvalue weighted by molar-refractivity contribution is 5.42. The van der Waals surface area contributed by atoms with Crippen LogP contribution in [0.3, 0.4) is 0 Å². The Bertz CT molecular complexity index is 435. The van der Waals surface area contributed by atoms with Crippen molar-refractivity contribution in [2.75, 3.05) is 13.2 Å². The fourth-order valence-corrected chi connectivity index (χ4v) is 1.75. The molecule has 0 radical (unpaired) electrons. The van der Waals surface area contributed by atoms with Gasteiger partial charge in [-0.3, -0.25) is 0 Å². The lowest BCUT2D eigenvalue weighted by atomic mass is 9.98. The number of aromatic nitrogens is 2. The molecule has 2 rings (SSSR count). The van der Waals surface area contributed by atoms with E-state index in [1.54, 1.807) is 10.9 Å². The Morgan fingerprint density at radius 3 is 2.75 bits per heavy atom. The van der Waals surface area contributed by atoms with Crippen molar-refractivity contribution >= 4 is 0 Å². The fourth-order valence-electron chi connectivity index (χ4n) is 1.75. The Morgan fingerprint density at radius 2 is 2.12 bits per heavy atom. The van der Waals surface area contributed by atoms with E-state index >= 15 is 0 Å². The van der Waals surface area contributed by atoms with Gasteiger partial charge in [0, 0.05) is 24.9 Å². The predicted octanol–water partition coefficient (Wildman–Crippen LogP) is 0.907. The van der Waals surface area contributed by atoms with Crippen LogP contribution in [-0.2, 0) is 0 Å². The molecule has 84 valence electrons. The van der Waals surface area contributed by atoms with E-state index in [-0.39, 0.29) is 12.5 Å². The average Bonchev–Trinajstić information content (AvgIpc) is 2.85. The molecule has 0 amide bonds. The molecular weight excluding hydrogens is 202 g/mol. The van der Waals surface area contributed by atoms with Crippen molar-refractivity contribution in [1.82, 2.24) is 9.78 Å². The number of hydrogen-bond acceptors (Lipinski definition) is 3. The number of aliphatic hydroxyl groups is 1. The molecule has 1 aromatic heterocycles. The summed E-state index contributed by atoms with van der Waals surface area (Å²) in [5, 5.41) is 13.5. The van der Waals surface area contributed by atoms with Gasteiger partial charge in [-0.2, -0.15) is 5.10 Å². The maximum absolute atomic E-state index is 9.29. The van der Waals surface area contributed by atoms with Gasteiger partial charge >= 0.3 is 0 Å². The summed E-state index contributed by atoms with van der Waals surface area (Å²) in [5.41, 5.74) is 7.64. The topological polar surface area (TPSA) is 64.1 Å². The zero-order valence-corrected chi connectivity index (χ0v) is 8.95. The molecule has 0 aliphatic rings. The molecule has 0 spiro atoms. The molecule has 16 heavy (non-hydrogen) atoms. The molecule has 1 atom stereocenters. The number of nitrogens with zero attached hydrogens (tertiary/aromatic N) is 2. The van der Waals surface area contributed by atoms with Crippen molar-refractivity contribution < 1.29 is 5.11 Å². The maximum atomic E-state index is 9.29. The average molecular weight is 217 g/mol. The quantitative estimate of drug-likeness (QED) is 0.800. The highest BCUT2D eigenvalue weighted by Crippen LogP contribution is 2.21. The zero-order chi connectivity index (χ0) is 11.4. The third kappa shape index (κ3) is 1.98. The number of rotatable bonds is 4. The number of benzene rings is 1. The second-order valence-electron chi connectivity index (χ2n) is 3.62. The predicted molar refractivity (Wildman–Crippen MR) is 62.4 cm³/mol. The van der Waals surface area contributed by atoms with E-state index in [0.717, 1.165) is 11.3 Å². The van der Waals surface area contributed by atoms with Crippen LogP contribution >= 0.6 is 0 Å². The van der Waals surface area contributed by atoms with Gasteiger partial charge in [0.2, 0.25) is 0 Å². The number of para-hydroxylation sites is 1. The van der Waals surface area contributed by atoms with E-state index in [1.165, 1.54) is 0 Å². The van der Waals surface area contributed by atoms with Crippen LogP contribution in [0.15, 0.2) is 42.7 Å². The Hall–Kier alpha value is -1.65. The summed E-state index contributed by atoms with van der Waals surface area (Å²) < 4.78 is 1.79. The molecular formula is C12H15N3O. The molecule has 0 fully saturated rings. The molecule has 0 aliphatic carbocycles. The van der Waals surface area contributed by atoms with Gasteiger partial charge in [0.05, 0.1) is 12.3 Å². The summed E-state index contributed by atoms with van der Waals surface area (Å²) in [5.74, 6) is -0.0413. The SMILES string of the molecule is NCC(CO)c1ccccc1-n1cccn1. The van der Waals surface area contributed by atoms with Crippen LogP contribution in [0.4, 0.5) is 0 Å². The van der Waals surface area contributed by atoms with Gasteiger partial charge < -0.3 is 10.8 Å². The van der Waals surface area contributed by atoms with Crippen LogP contribution in [0.1, 0.15) is 11.5 Å². The fraction of sp³-hybridized carbons (Fsp3) is 0.250. The Morgan fingerprint density at radius 1 is 1.31 bits per heavy atom. The normalized spacial score (nSPS) is 12.6. The molecule has 1 aromatic carbocycles. The summed E-state index contributed by atoms with van der Waals surface area (Å²) in [6.45, 7) is 0.476. The Balaban J connectivity index is 2.45. The standard InChI is InChI=1S/C12H15N3O/c13-8-10(9-16)11-4-1-2-5-12(11)15-7-3-6-14-15/h1-7,10,16H,8-9,13H2. The lowest BCUT2D eigenvalue weighted by molar-refractivity contribution is 0.267. The minimum atomic E-state index is -0.0413. The lowest BCUT2D eigenvalue weighted by Crippen LogP contribution is -2.18. The van der Waals surface area contributed by atoms with Gasteiger partial charge in [-0.15, -0.1) is 0 Å². The van der Waals surface area contributed by atoms with Gasteiger partial charge in [-0.25, -0.2) is 4.68 Å². The maximum Gasteiger partial charge on any atom is 0.0681 e. The highest BCUT2D eigenvalue weighted by Gasteiger charge is 2.13. The monoisotopic (exact) mass is 217 g/mol. The van der Waals surface area contributed by atoms with Crippen molar-refractivity contribution in [3.8, 4) is 5.69 Å². The summed E-state index contributed by atoms with van der Waals surface area (Å²) in [4.78, 5) is 0. The van der Waals surface area contributed by atoms with Crippen molar-refractivity contribution in [1.29, 1.82) is 0 Å². The van der Waals surface area contributed by atoms with Crippen LogP contribution in [0.2, 0.25) is 0 Å². The smallest absolute Gasteiger partial charge is 0.0681 e. The molecule has 3 N–H and O–H groups in total. The van der Waals surface area contributed by atoms with E-state index in [1.807, 2.05) is 36.5 Å². The minimum absolute atomic E-state index is 0.0413. The molecule has 0 saturated heterocycles. The van der Waals surface area contributed by atoms with Gasteiger partial charge in [0.1, 0.15) is 0 Å². The molecule has 1 heterocycles. The number of nitrogens with two attached hydrogens (primary N) is 1. The van der Waals surface area contributed by atoms with Crippen molar-refractivity contribution in [2.45, 2.75) is 5.92 Å². The highest BCUT2D eigenvalue weighted by atomic mass is 16.3. The van der Waals surface area contributed by atoms with Gasteiger partial charge in [-0.05, 0) is 17.7 Å². The van der Waals surface area contributed by atoms with Crippen LogP contribution in [-0.4, -0.2) is 28.0 Å². The molecule has 4 heteroatoms. The van der Waals surface area contributed by atoms with Crippen LogP contribution in [0, 0.1) is 0 Å². The van der Waals surface area contributed by atoms with E-state index in [0.29, 0.717) is 6.54 Å². The van der Waals surface area contributed by atoms with Crippen molar-refractivity contribution in [2.24, 2.45) is 5.73 Å². The molecule has 0 saturated carbocycles. The number of hydrogen-bond donors (Lipinski definition) is 2. The van der Waals surface area contributed by atoms with Crippen LogP contribution in [0.5, 0.6) is 0 Å². The van der Waals surface area contributed by atoms with Crippen LogP contribution < -0.4 is 5.73 Å². The van der Waals surface area contributed by atoms with Crippen molar-refractivity contribution in [3.05, 3.63) is 48.3 Å². The van der Waals surface area contributed by atoms with Gasteiger partial charge in [-0.1, -0.05) is 18.2 Å². The molecule has 0 bridgehead atoms. The molecule has 2 aromatic rings. The summed E-state index contributed by atoms with van der Waals surface area (Å²) in [7, 11) is 0. The Kier molecular flexibility index (Phi) is 3.34. The third-order valence-electron chi connectivity index (χ3n) is 2.63. The first-order chi connectivity index (χ1) is 7.86. The van der Waals surface area contributed by atoms with Gasteiger partial charge in [0.15, 0.2) is 0 Å².